The lowest BCUT2D eigenvalue weighted by Gasteiger charge is -2.27. The summed E-state index contributed by atoms with van der Waals surface area (Å²) in [5.74, 6) is -1.45. The third-order valence-electron chi connectivity index (χ3n) is 2.90. The van der Waals surface area contributed by atoms with Crippen molar-refractivity contribution < 1.29 is 14.7 Å². The molecule has 2 N–H and O–H groups in total. The van der Waals surface area contributed by atoms with Gasteiger partial charge in [0.15, 0.2) is 0 Å². The zero-order valence-electron chi connectivity index (χ0n) is 11.9. The van der Waals surface area contributed by atoms with Crippen molar-refractivity contribution in [3.05, 3.63) is 34.7 Å². The van der Waals surface area contributed by atoms with E-state index in [1.165, 1.54) is 10.6 Å². The van der Waals surface area contributed by atoms with E-state index in [-0.39, 0.29) is 24.4 Å². The van der Waals surface area contributed by atoms with Gasteiger partial charge in [-0.3, -0.25) is 9.59 Å². The SMILES string of the molecule is CC(C)(C)[C@@H](NC(=O)CCn1ccccc1=O)C(=O)O. The van der Waals surface area contributed by atoms with Crippen LogP contribution in [0.5, 0.6) is 0 Å². The fourth-order valence-electron chi connectivity index (χ4n) is 1.75. The second kappa shape index (κ2) is 6.36. The molecule has 6 heteroatoms. The molecule has 1 amide bonds. The molecule has 0 bridgehead atoms. The van der Waals surface area contributed by atoms with Crippen LogP contribution in [-0.4, -0.2) is 27.6 Å². The Labute approximate surface area is 117 Å². The molecule has 0 aliphatic rings. The highest BCUT2D eigenvalue weighted by Gasteiger charge is 2.32. The van der Waals surface area contributed by atoms with Crippen molar-refractivity contribution >= 4 is 11.9 Å². The van der Waals surface area contributed by atoms with Gasteiger partial charge in [-0.05, 0) is 11.5 Å². The van der Waals surface area contributed by atoms with E-state index in [0.29, 0.717) is 0 Å². The van der Waals surface area contributed by atoms with Gasteiger partial charge in [0.25, 0.3) is 5.56 Å². The van der Waals surface area contributed by atoms with Crippen LogP contribution in [-0.2, 0) is 16.1 Å². The minimum absolute atomic E-state index is 0.0593. The maximum atomic E-state index is 11.8. The first-order valence-corrected chi connectivity index (χ1v) is 6.39. The number of carbonyl (C=O) groups is 2. The third kappa shape index (κ3) is 4.53. The molecule has 0 radical (unpaired) electrons. The van der Waals surface area contributed by atoms with Gasteiger partial charge in [-0.15, -0.1) is 0 Å². The minimum atomic E-state index is -1.07. The summed E-state index contributed by atoms with van der Waals surface area (Å²) in [6, 6.07) is 3.78. The van der Waals surface area contributed by atoms with Gasteiger partial charge in [-0.2, -0.15) is 0 Å². The standard InChI is InChI=1S/C14H20N2O4/c1-14(2,3)12(13(19)20)15-10(17)7-9-16-8-5-4-6-11(16)18/h4-6,8,12H,7,9H2,1-3H3,(H,15,17)(H,19,20)/t12-/m0/s1. The van der Waals surface area contributed by atoms with E-state index in [9.17, 15) is 14.4 Å². The quantitative estimate of drug-likeness (QED) is 0.837. The van der Waals surface area contributed by atoms with Gasteiger partial charge in [0.1, 0.15) is 6.04 Å². The van der Waals surface area contributed by atoms with E-state index in [0.717, 1.165) is 0 Å². The van der Waals surface area contributed by atoms with Crippen LogP contribution in [0.25, 0.3) is 0 Å². The number of pyridine rings is 1. The van der Waals surface area contributed by atoms with Crippen molar-refractivity contribution in [1.29, 1.82) is 0 Å². The van der Waals surface area contributed by atoms with Gasteiger partial charge in [0.05, 0.1) is 0 Å². The van der Waals surface area contributed by atoms with Gasteiger partial charge in [-0.1, -0.05) is 26.8 Å². The molecule has 0 saturated heterocycles. The van der Waals surface area contributed by atoms with Gasteiger partial charge < -0.3 is 15.0 Å². The third-order valence-corrected chi connectivity index (χ3v) is 2.90. The molecule has 0 spiro atoms. The van der Waals surface area contributed by atoms with Crippen LogP contribution in [0.15, 0.2) is 29.2 Å². The number of rotatable bonds is 5. The number of amides is 1. The topological polar surface area (TPSA) is 88.4 Å². The van der Waals surface area contributed by atoms with E-state index >= 15 is 0 Å². The first-order chi connectivity index (χ1) is 9.21. The van der Waals surface area contributed by atoms with Crippen LogP contribution in [0.1, 0.15) is 27.2 Å². The van der Waals surface area contributed by atoms with Gasteiger partial charge in [0.2, 0.25) is 5.91 Å². The predicted molar refractivity (Wildman–Crippen MR) is 74.3 cm³/mol. The van der Waals surface area contributed by atoms with Crippen molar-refractivity contribution in [3.63, 3.8) is 0 Å². The molecule has 0 aliphatic carbocycles. The van der Waals surface area contributed by atoms with Crippen LogP contribution < -0.4 is 10.9 Å². The first kappa shape index (κ1) is 15.9. The van der Waals surface area contributed by atoms with Crippen LogP contribution in [0.3, 0.4) is 0 Å². The van der Waals surface area contributed by atoms with E-state index in [4.69, 9.17) is 5.11 Å². The largest absolute Gasteiger partial charge is 0.480 e. The molecule has 110 valence electrons. The van der Waals surface area contributed by atoms with Gasteiger partial charge in [-0.25, -0.2) is 4.79 Å². The molecular formula is C14H20N2O4. The molecule has 1 aromatic heterocycles. The zero-order valence-corrected chi connectivity index (χ0v) is 11.9. The molecule has 1 heterocycles. The minimum Gasteiger partial charge on any atom is -0.480 e. The molecule has 1 aromatic rings. The monoisotopic (exact) mass is 280 g/mol. The molecule has 1 atom stereocenters. The molecule has 0 fully saturated rings. The lowest BCUT2D eigenvalue weighted by molar-refractivity contribution is -0.145. The van der Waals surface area contributed by atoms with Crippen LogP contribution in [0, 0.1) is 5.41 Å². The number of carboxylic acids is 1. The molecule has 1 rings (SSSR count). The summed E-state index contributed by atoms with van der Waals surface area (Å²) >= 11 is 0. The molecule has 0 saturated carbocycles. The van der Waals surface area contributed by atoms with E-state index in [1.807, 2.05) is 0 Å². The molecule has 6 nitrogen and oxygen atoms in total. The lowest BCUT2D eigenvalue weighted by atomic mass is 9.86. The highest BCUT2D eigenvalue weighted by Crippen LogP contribution is 2.19. The van der Waals surface area contributed by atoms with Gasteiger partial charge in [0, 0.05) is 25.2 Å². The molecule has 0 aliphatic heterocycles. The summed E-state index contributed by atoms with van der Waals surface area (Å²) in [5.41, 5.74) is -0.767. The molecule has 0 unspecified atom stereocenters. The van der Waals surface area contributed by atoms with E-state index in [2.05, 4.69) is 5.32 Å². The van der Waals surface area contributed by atoms with Crippen molar-refractivity contribution in [2.75, 3.05) is 0 Å². The molecular weight excluding hydrogens is 260 g/mol. The van der Waals surface area contributed by atoms with Crippen molar-refractivity contribution in [2.24, 2.45) is 5.41 Å². The summed E-state index contributed by atoms with van der Waals surface area (Å²) in [4.78, 5) is 34.4. The average Bonchev–Trinajstić information content (AvgIpc) is 2.33. The Balaban J connectivity index is 2.62. The number of aryl methyl sites for hydroxylation is 1. The highest BCUT2D eigenvalue weighted by molar-refractivity contribution is 5.84. The number of nitrogens with zero attached hydrogens (tertiary/aromatic N) is 1. The zero-order chi connectivity index (χ0) is 15.3. The second-order valence-electron chi connectivity index (χ2n) is 5.69. The molecule has 20 heavy (non-hydrogen) atoms. The van der Waals surface area contributed by atoms with Crippen LogP contribution in [0.4, 0.5) is 0 Å². The number of aliphatic carboxylic acids is 1. The fraction of sp³-hybridized carbons (Fsp3) is 0.500. The Morgan fingerprint density at radius 3 is 2.50 bits per heavy atom. The number of hydrogen-bond acceptors (Lipinski definition) is 3. The molecule has 0 aromatic carbocycles. The highest BCUT2D eigenvalue weighted by atomic mass is 16.4. The number of carbonyl (C=O) groups excluding carboxylic acids is 1. The van der Waals surface area contributed by atoms with Crippen LogP contribution >= 0.6 is 0 Å². The summed E-state index contributed by atoms with van der Waals surface area (Å²) in [6.07, 6.45) is 1.65. The fourth-order valence-corrected chi connectivity index (χ4v) is 1.75. The van der Waals surface area contributed by atoms with E-state index < -0.39 is 17.4 Å². The lowest BCUT2D eigenvalue weighted by Crippen LogP contribution is -2.49. The number of aromatic nitrogens is 1. The summed E-state index contributed by atoms with van der Waals surface area (Å²) in [5, 5.41) is 11.6. The summed E-state index contributed by atoms with van der Waals surface area (Å²) in [6.45, 7) is 5.46. The Morgan fingerprint density at radius 2 is 2.00 bits per heavy atom. The normalized spacial score (nSPS) is 12.8. The van der Waals surface area contributed by atoms with Crippen LogP contribution in [0.2, 0.25) is 0 Å². The van der Waals surface area contributed by atoms with Crippen molar-refractivity contribution in [3.8, 4) is 0 Å². The maximum absolute atomic E-state index is 11.8. The Hall–Kier alpha value is -2.11. The average molecular weight is 280 g/mol. The van der Waals surface area contributed by atoms with Crippen molar-refractivity contribution in [1.82, 2.24) is 9.88 Å². The number of carboxylic acid groups (broad SMARTS) is 1. The summed E-state index contributed by atoms with van der Waals surface area (Å²) < 4.78 is 1.41. The van der Waals surface area contributed by atoms with Crippen molar-refractivity contribution in [2.45, 2.75) is 39.8 Å². The number of hydrogen-bond donors (Lipinski definition) is 2. The Kier molecular flexibility index (Phi) is 5.07. The van der Waals surface area contributed by atoms with E-state index in [1.54, 1.807) is 39.1 Å². The Bertz CT molecular complexity index is 543. The predicted octanol–water partition coefficient (Wildman–Crippen LogP) is 0.854. The maximum Gasteiger partial charge on any atom is 0.326 e. The Morgan fingerprint density at radius 1 is 1.35 bits per heavy atom. The first-order valence-electron chi connectivity index (χ1n) is 6.39. The summed E-state index contributed by atoms with van der Waals surface area (Å²) in [7, 11) is 0. The number of nitrogens with one attached hydrogen (secondary N) is 1. The second-order valence-corrected chi connectivity index (χ2v) is 5.69. The van der Waals surface area contributed by atoms with Gasteiger partial charge >= 0.3 is 5.97 Å². The smallest absolute Gasteiger partial charge is 0.326 e.